The van der Waals surface area contributed by atoms with Crippen LogP contribution in [-0.4, -0.2) is 32.3 Å². The third kappa shape index (κ3) is 5.12. The van der Waals surface area contributed by atoms with E-state index in [1.165, 1.54) is 30.0 Å². The van der Waals surface area contributed by atoms with Gasteiger partial charge >= 0.3 is 0 Å². The number of carbonyl (C=O) groups excluding carboxylic acids is 1. The van der Waals surface area contributed by atoms with E-state index in [4.69, 9.17) is 16.3 Å². The zero-order chi connectivity index (χ0) is 22.5. The first-order chi connectivity index (χ1) is 15.5. The minimum absolute atomic E-state index is 0.141. The molecule has 0 aliphatic heterocycles. The van der Waals surface area contributed by atoms with Crippen LogP contribution < -0.4 is 10.1 Å². The Morgan fingerprint density at radius 1 is 1.19 bits per heavy atom. The van der Waals surface area contributed by atoms with Crippen molar-refractivity contribution in [2.45, 2.75) is 24.8 Å². The Morgan fingerprint density at radius 2 is 1.97 bits per heavy atom. The van der Waals surface area contributed by atoms with Crippen molar-refractivity contribution in [2.24, 2.45) is 0 Å². The van der Waals surface area contributed by atoms with E-state index in [1.807, 2.05) is 65.4 Å². The van der Waals surface area contributed by atoms with Gasteiger partial charge in [0.25, 0.3) is 0 Å². The topological polar surface area (TPSA) is 81.9 Å². The number of hydrogen-bond donors (Lipinski definition) is 1. The third-order valence-corrected chi connectivity index (χ3v) is 6.44. The highest BCUT2D eigenvalue weighted by Crippen LogP contribution is 2.33. The highest BCUT2D eigenvalue weighted by Gasteiger charge is 2.18. The van der Waals surface area contributed by atoms with Crippen LogP contribution in [0.1, 0.15) is 19.5 Å². The molecule has 1 N–H and O–H groups in total. The number of benzene rings is 2. The highest BCUT2D eigenvalue weighted by molar-refractivity contribution is 7.98. The van der Waals surface area contributed by atoms with Gasteiger partial charge in [-0.05, 0) is 43.3 Å². The number of amides is 1. The van der Waals surface area contributed by atoms with Crippen molar-refractivity contribution in [3.8, 4) is 22.8 Å². The molecule has 0 spiro atoms. The maximum Gasteiger partial charge on any atom is 0.223 e. The number of thioether (sulfide) groups is 1. The summed E-state index contributed by atoms with van der Waals surface area (Å²) in [6.45, 7) is 4.02. The van der Waals surface area contributed by atoms with Crippen LogP contribution >= 0.6 is 34.7 Å². The van der Waals surface area contributed by atoms with Crippen molar-refractivity contribution < 1.29 is 9.53 Å². The van der Waals surface area contributed by atoms with Gasteiger partial charge in [-0.25, -0.2) is 4.98 Å². The fourth-order valence-corrected chi connectivity index (χ4v) is 4.92. The van der Waals surface area contributed by atoms with Crippen LogP contribution in [0.25, 0.3) is 17.1 Å². The Hall–Kier alpha value is -2.88. The monoisotopic (exact) mass is 485 g/mol. The minimum atomic E-state index is -0.141. The van der Waals surface area contributed by atoms with E-state index in [-0.39, 0.29) is 5.91 Å². The van der Waals surface area contributed by atoms with Crippen molar-refractivity contribution >= 4 is 45.7 Å². The molecule has 7 nitrogen and oxygen atoms in total. The molecule has 0 bridgehead atoms. The Labute approximate surface area is 198 Å². The number of aromatic nitrogens is 4. The average molecular weight is 486 g/mol. The molecule has 0 saturated carbocycles. The molecule has 32 heavy (non-hydrogen) atoms. The summed E-state index contributed by atoms with van der Waals surface area (Å²) in [6.07, 6.45) is 0. The maximum atomic E-state index is 11.2. The number of carbonyl (C=O) groups is 1. The predicted molar refractivity (Wildman–Crippen MR) is 129 cm³/mol. The molecule has 0 unspecified atom stereocenters. The van der Waals surface area contributed by atoms with Crippen LogP contribution in [0.2, 0.25) is 5.02 Å². The molecular weight excluding hydrogens is 466 g/mol. The Balaban J connectivity index is 1.67. The lowest BCUT2D eigenvalue weighted by molar-refractivity contribution is -0.114. The summed E-state index contributed by atoms with van der Waals surface area (Å²) in [5.74, 6) is 1.89. The van der Waals surface area contributed by atoms with Gasteiger partial charge in [-0.15, -0.1) is 21.5 Å². The zero-order valence-electron chi connectivity index (χ0n) is 17.4. The van der Waals surface area contributed by atoms with E-state index in [1.54, 1.807) is 0 Å². The van der Waals surface area contributed by atoms with Crippen molar-refractivity contribution in [3.05, 3.63) is 64.6 Å². The van der Waals surface area contributed by atoms with Crippen molar-refractivity contribution in [1.29, 1.82) is 0 Å². The number of thiazole rings is 1. The molecule has 0 aliphatic carbocycles. The summed E-state index contributed by atoms with van der Waals surface area (Å²) in [4.78, 5) is 15.7. The number of ether oxygens (including phenoxy) is 1. The lowest BCUT2D eigenvalue weighted by Crippen LogP contribution is -2.05. The molecule has 0 aliphatic rings. The molecule has 0 radical (unpaired) electrons. The van der Waals surface area contributed by atoms with Gasteiger partial charge in [-0.2, -0.15) is 0 Å². The summed E-state index contributed by atoms with van der Waals surface area (Å²) < 4.78 is 7.55. The Kier molecular flexibility index (Phi) is 7.09. The Bertz CT molecular complexity index is 1220. The van der Waals surface area contributed by atoms with Gasteiger partial charge in [0.15, 0.2) is 16.1 Å². The van der Waals surface area contributed by atoms with Crippen LogP contribution in [0.15, 0.2) is 59.1 Å². The van der Waals surface area contributed by atoms with E-state index >= 15 is 0 Å². The van der Waals surface area contributed by atoms with E-state index < -0.39 is 0 Å². The average Bonchev–Trinajstić information content (AvgIpc) is 3.40. The fraction of sp³-hybridized carbons (Fsp3) is 0.182. The van der Waals surface area contributed by atoms with Crippen LogP contribution in [0, 0.1) is 0 Å². The summed E-state index contributed by atoms with van der Waals surface area (Å²) in [7, 11) is 0. The number of rotatable bonds is 8. The van der Waals surface area contributed by atoms with E-state index in [0.29, 0.717) is 33.5 Å². The van der Waals surface area contributed by atoms with Gasteiger partial charge in [0.05, 0.1) is 17.3 Å². The molecule has 2 aromatic carbocycles. The lowest BCUT2D eigenvalue weighted by atomic mass is 10.2. The molecule has 1 amide bonds. The van der Waals surface area contributed by atoms with E-state index in [0.717, 1.165) is 22.7 Å². The zero-order valence-corrected chi connectivity index (χ0v) is 19.8. The third-order valence-electron chi connectivity index (χ3n) is 4.34. The molecule has 4 aromatic rings. The van der Waals surface area contributed by atoms with Crippen LogP contribution in [-0.2, 0) is 10.5 Å². The lowest BCUT2D eigenvalue weighted by Gasteiger charge is -2.12. The van der Waals surface area contributed by atoms with E-state index in [9.17, 15) is 4.79 Å². The van der Waals surface area contributed by atoms with E-state index in [2.05, 4.69) is 20.5 Å². The van der Waals surface area contributed by atoms with Gasteiger partial charge in [0.2, 0.25) is 5.91 Å². The number of hydrogen-bond acceptors (Lipinski definition) is 7. The second-order valence-electron chi connectivity index (χ2n) is 6.66. The molecule has 0 atom stereocenters. The first-order valence-corrected chi connectivity index (χ1v) is 12.1. The summed E-state index contributed by atoms with van der Waals surface area (Å²) in [5, 5.41) is 15.4. The molecule has 2 heterocycles. The largest absolute Gasteiger partial charge is 0.494 e. The summed E-state index contributed by atoms with van der Waals surface area (Å²) >= 11 is 9.36. The summed E-state index contributed by atoms with van der Waals surface area (Å²) in [5.41, 5.74) is 2.54. The fourth-order valence-electron chi connectivity index (χ4n) is 2.99. The standard InChI is InChI=1S/C22H20ClN5O2S2/c1-3-30-17-10-8-16(9-11-17)28-20(18-6-4-5-7-19(18)23)26-27-22(28)32-13-15-12-31-21(25-15)24-14(2)29/h4-12H,3,13H2,1-2H3,(H,24,25,29). The first-order valence-electron chi connectivity index (χ1n) is 9.83. The molecule has 0 saturated heterocycles. The van der Waals surface area contributed by atoms with Gasteiger partial charge in [-0.1, -0.05) is 35.5 Å². The highest BCUT2D eigenvalue weighted by atomic mass is 35.5. The predicted octanol–water partition coefficient (Wildman–Crippen LogP) is 5.69. The normalized spacial score (nSPS) is 10.8. The number of anilines is 1. The molecule has 164 valence electrons. The molecule has 4 rings (SSSR count). The molecule has 0 fully saturated rings. The van der Waals surface area contributed by atoms with Crippen LogP contribution in [0.4, 0.5) is 5.13 Å². The molecular formula is C22H20ClN5O2S2. The summed E-state index contributed by atoms with van der Waals surface area (Å²) in [6, 6.07) is 15.3. The smallest absolute Gasteiger partial charge is 0.223 e. The van der Waals surface area contributed by atoms with Crippen molar-refractivity contribution in [3.63, 3.8) is 0 Å². The number of nitrogens with zero attached hydrogens (tertiary/aromatic N) is 4. The molecule has 2 aromatic heterocycles. The Morgan fingerprint density at radius 3 is 2.69 bits per heavy atom. The van der Waals surface area contributed by atoms with Crippen LogP contribution in [0.5, 0.6) is 5.75 Å². The maximum absolute atomic E-state index is 11.2. The van der Waals surface area contributed by atoms with Crippen LogP contribution in [0.3, 0.4) is 0 Å². The van der Waals surface area contributed by atoms with Crippen molar-refractivity contribution in [1.82, 2.24) is 19.7 Å². The van der Waals surface area contributed by atoms with Crippen molar-refractivity contribution in [2.75, 3.05) is 11.9 Å². The van der Waals surface area contributed by atoms with Gasteiger partial charge < -0.3 is 10.1 Å². The van der Waals surface area contributed by atoms with Gasteiger partial charge in [-0.3, -0.25) is 9.36 Å². The van der Waals surface area contributed by atoms with Gasteiger partial charge in [0.1, 0.15) is 5.75 Å². The number of nitrogens with one attached hydrogen (secondary N) is 1. The quantitative estimate of drug-likeness (QED) is 0.323. The SMILES string of the molecule is CCOc1ccc(-n2c(SCc3csc(NC(C)=O)n3)nnc2-c2ccccc2Cl)cc1. The number of halogens is 1. The first kappa shape index (κ1) is 22.3. The van der Waals surface area contributed by atoms with Gasteiger partial charge in [0, 0.05) is 29.3 Å². The second kappa shape index (κ2) is 10.2. The second-order valence-corrected chi connectivity index (χ2v) is 8.87. The minimum Gasteiger partial charge on any atom is -0.494 e. The molecule has 10 heteroatoms.